The number of carbonyl (C=O) groups is 2. The topological polar surface area (TPSA) is 131 Å². The Balaban J connectivity index is 2.27. The summed E-state index contributed by atoms with van der Waals surface area (Å²) in [7, 11) is 1.50. The van der Waals surface area contributed by atoms with Gasteiger partial charge in [0.05, 0.1) is 12.3 Å². The van der Waals surface area contributed by atoms with Crippen LogP contribution in [-0.4, -0.2) is 51.3 Å². The molecule has 2 aromatic rings. The van der Waals surface area contributed by atoms with Crippen LogP contribution in [-0.2, 0) is 20.7 Å². The van der Waals surface area contributed by atoms with Crippen LogP contribution >= 0.6 is 0 Å². The molecule has 0 aliphatic rings. The van der Waals surface area contributed by atoms with Crippen molar-refractivity contribution < 1.29 is 14.3 Å². The quantitative estimate of drug-likeness (QED) is 0.618. The Morgan fingerprint density at radius 1 is 1.33 bits per heavy atom. The van der Waals surface area contributed by atoms with Gasteiger partial charge in [0.1, 0.15) is 5.82 Å². The van der Waals surface area contributed by atoms with Gasteiger partial charge in [-0.25, -0.2) is 4.98 Å². The molecule has 1 atom stereocenters. The Bertz CT molecular complexity index is 901. The molecule has 0 radical (unpaired) electrons. The van der Waals surface area contributed by atoms with Crippen LogP contribution in [0.5, 0.6) is 0 Å². The van der Waals surface area contributed by atoms with Crippen molar-refractivity contribution >= 4 is 17.6 Å². The van der Waals surface area contributed by atoms with E-state index < -0.39 is 11.8 Å². The minimum absolute atomic E-state index is 0.159. The van der Waals surface area contributed by atoms with E-state index in [0.717, 1.165) is 0 Å². The highest BCUT2D eigenvalue weighted by Crippen LogP contribution is 2.14. The van der Waals surface area contributed by atoms with Gasteiger partial charge in [0.25, 0.3) is 5.56 Å². The Kier molecular flexibility index (Phi) is 6.45. The number of carbonyl (C=O) groups excluding carboxylic acids is 2. The van der Waals surface area contributed by atoms with Crippen molar-refractivity contribution in [2.45, 2.75) is 40.2 Å². The van der Waals surface area contributed by atoms with E-state index in [1.807, 2.05) is 6.92 Å². The number of aromatic amines is 1. The fourth-order valence-corrected chi connectivity index (χ4v) is 2.62. The van der Waals surface area contributed by atoms with E-state index in [0.29, 0.717) is 23.4 Å². The van der Waals surface area contributed by atoms with Crippen LogP contribution in [0, 0.1) is 13.8 Å². The van der Waals surface area contributed by atoms with Crippen molar-refractivity contribution in [3.05, 3.63) is 33.4 Å². The molecule has 0 fully saturated rings. The smallest absolute Gasteiger partial charge is 0.314 e. The number of hydrogen-bond acceptors (Lipinski definition) is 6. The van der Waals surface area contributed by atoms with Crippen molar-refractivity contribution in [3.8, 4) is 5.95 Å². The predicted octanol–water partition coefficient (Wildman–Crippen LogP) is 0.224. The van der Waals surface area contributed by atoms with E-state index in [-0.39, 0.29) is 30.0 Å². The summed E-state index contributed by atoms with van der Waals surface area (Å²) in [5.74, 6) is -1.28. The Labute approximate surface area is 156 Å². The molecule has 2 rings (SSSR count). The first-order valence-electron chi connectivity index (χ1n) is 8.54. The Hall–Kier alpha value is -3.01. The van der Waals surface area contributed by atoms with Gasteiger partial charge in [-0.3, -0.25) is 19.4 Å². The molecular formula is C17H24N6O4. The van der Waals surface area contributed by atoms with E-state index in [1.165, 1.54) is 11.8 Å². The number of rotatable bonds is 6. The molecule has 0 aliphatic heterocycles. The fourth-order valence-electron chi connectivity index (χ4n) is 2.62. The highest BCUT2D eigenvalue weighted by molar-refractivity contribution is 6.39. The zero-order chi connectivity index (χ0) is 20.1. The number of H-pyrrole nitrogens is 1. The van der Waals surface area contributed by atoms with Gasteiger partial charge in [-0.2, -0.15) is 9.78 Å². The molecule has 0 saturated heterocycles. The van der Waals surface area contributed by atoms with Crippen molar-refractivity contribution in [3.63, 3.8) is 0 Å². The molecule has 2 aromatic heterocycles. The molecule has 1 unspecified atom stereocenters. The van der Waals surface area contributed by atoms with Crippen molar-refractivity contribution in [2.75, 3.05) is 19.0 Å². The average molecular weight is 376 g/mol. The summed E-state index contributed by atoms with van der Waals surface area (Å²) in [4.78, 5) is 43.4. The maximum atomic E-state index is 12.2. The first-order chi connectivity index (χ1) is 12.8. The summed E-state index contributed by atoms with van der Waals surface area (Å²) < 4.78 is 6.21. The summed E-state index contributed by atoms with van der Waals surface area (Å²) in [6.07, 6.45) is 0.552. The molecule has 10 nitrogen and oxygen atoms in total. The molecule has 0 aliphatic carbocycles. The zero-order valence-corrected chi connectivity index (χ0v) is 16.0. The van der Waals surface area contributed by atoms with Gasteiger partial charge in [-0.05, 0) is 27.2 Å². The van der Waals surface area contributed by atoms with Gasteiger partial charge >= 0.3 is 11.8 Å². The van der Waals surface area contributed by atoms with Crippen LogP contribution in [0.15, 0.2) is 10.9 Å². The number of hydrogen-bond donors (Lipinski definition) is 3. The van der Waals surface area contributed by atoms with Crippen LogP contribution in [0.4, 0.5) is 5.82 Å². The lowest BCUT2D eigenvalue weighted by atomic mass is 10.2. The number of anilines is 1. The normalized spacial score (nSPS) is 11.9. The number of aromatic nitrogens is 4. The summed E-state index contributed by atoms with van der Waals surface area (Å²) in [6.45, 7) is 7.32. The van der Waals surface area contributed by atoms with E-state index in [4.69, 9.17) is 4.74 Å². The molecule has 146 valence electrons. The average Bonchev–Trinajstić information content (AvgIpc) is 2.95. The number of aryl methyl sites for hydroxylation is 2. The highest BCUT2D eigenvalue weighted by atomic mass is 16.5. The SMILES string of the molecule is CCc1c(C)nc(-n2nc(C)cc2NC(=O)C(=O)NC(C)COC)[nH]c1=O. The summed E-state index contributed by atoms with van der Waals surface area (Å²) in [6, 6.07) is 1.26. The van der Waals surface area contributed by atoms with Crippen molar-refractivity contribution in [1.29, 1.82) is 0 Å². The Morgan fingerprint density at radius 3 is 2.63 bits per heavy atom. The number of nitrogens with one attached hydrogen (secondary N) is 3. The van der Waals surface area contributed by atoms with Crippen LogP contribution in [0.3, 0.4) is 0 Å². The van der Waals surface area contributed by atoms with Crippen LogP contribution in [0.25, 0.3) is 5.95 Å². The maximum Gasteiger partial charge on any atom is 0.314 e. The molecule has 0 bridgehead atoms. The van der Waals surface area contributed by atoms with Gasteiger partial charge in [0.15, 0.2) is 0 Å². The molecular weight excluding hydrogens is 352 g/mol. The third-order valence-electron chi connectivity index (χ3n) is 3.84. The lowest BCUT2D eigenvalue weighted by molar-refractivity contribution is -0.136. The monoisotopic (exact) mass is 376 g/mol. The van der Waals surface area contributed by atoms with Crippen molar-refractivity contribution in [2.24, 2.45) is 0 Å². The van der Waals surface area contributed by atoms with Gasteiger partial charge in [0.2, 0.25) is 5.95 Å². The second-order valence-corrected chi connectivity index (χ2v) is 6.17. The molecule has 3 N–H and O–H groups in total. The summed E-state index contributed by atoms with van der Waals surface area (Å²) in [5.41, 5.74) is 1.47. The van der Waals surface area contributed by atoms with Crippen LogP contribution in [0.1, 0.15) is 30.8 Å². The predicted molar refractivity (Wildman–Crippen MR) is 98.9 cm³/mol. The first-order valence-corrected chi connectivity index (χ1v) is 8.54. The van der Waals surface area contributed by atoms with Gasteiger partial charge < -0.3 is 15.4 Å². The molecule has 2 heterocycles. The lowest BCUT2D eigenvalue weighted by Gasteiger charge is -2.13. The molecule has 0 spiro atoms. The van der Waals surface area contributed by atoms with E-state index in [2.05, 4.69) is 25.7 Å². The Morgan fingerprint density at radius 2 is 2.04 bits per heavy atom. The van der Waals surface area contributed by atoms with E-state index in [1.54, 1.807) is 26.8 Å². The second kappa shape index (κ2) is 8.58. The number of amides is 2. The molecule has 27 heavy (non-hydrogen) atoms. The third-order valence-corrected chi connectivity index (χ3v) is 3.84. The maximum absolute atomic E-state index is 12.2. The van der Waals surface area contributed by atoms with Gasteiger partial charge in [-0.15, -0.1) is 0 Å². The molecule has 0 aromatic carbocycles. The van der Waals surface area contributed by atoms with Gasteiger partial charge in [0, 0.05) is 30.5 Å². The first kappa shape index (κ1) is 20.3. The van der Waals surface area contributed by atoms with Gasteiger partial charge in [-0.1, -0.05) is 6.92 Å². The van der Waals surface area contributed by atoms with Crippen LogP contribution < -0.4 is 16.2 Å². The minimum atomic E-state index is -0.858. The third kappa shape index (κ3) is 4.79. The van der Waals surface area contributed by atoms with E-state index >= 15 is 0 Å². The number of methoxy groups -OCH3 is 1. The lowest BCUT2D eigenvalue weighted by Crippen LogP contribution is -2.42. The summed E-state index contributed by atoms with van der Waals surface area (Å²) >= 11 is 0. The van der Waals surface area contributed by atoms with Crippen molar-refractivity contribution in [1.82, 2.24) is 25.1 Å². The highest BCUT2D eigenvalue weighted by Gasteiger charge is 2.20. The molecule has 2 amide bonds. The van der Waals surface area contributed by atoms with E-state index in [9.17, 15) is 14.4 Å². The zero-order valence-electron chi connectivity index (χ0n) is 16.0. The van der Waals surface area contributed by atoms with Crippen LogP contribution in [0.2, 0.25) is 0 Å². The largest absolute Gasteiger partial charge is 0.383 e. The number of nitrogens with zero attached hydrogens (tertiary/aromatic N) is 3. The standard InChI is InChI=1S/C17H24N6O4/c1-6-12-11(4)19-17(21-14(12)24)23-13(7-9(2)22-23)20-16(26)15(25)18-10(3)8-27-5/h7,10H,6,8H2,1-5H3,(H,18,25)(H,20,26)(H,19,21,24). The second-order valence-electron chi connectivity index (χ2n) is 6.17. The minimum Gasteiger partial charge on any atom is -0.383 e. The molecule has 10 heteroatoms. The summed E-state index contributed by atoms with van der Waals surface area (Å²) in [5, 5.41) is 9.25. The number of ether oxygens (including phenoxy) is 1. The fraction of sp³-hybridized carbons (Fsp3) is 0.471. The molecule has 0 saturated carbocycles.